The summed E-state index contributed by atoms with van der Waals surface area (Å²) in [5, 5.41) is 12.4. The van der Waals surface area contributed by atoms with Gasteiger partial charge in [-0.15, -0.1) is 0 Å². The van der Waals surface area contributed by atoms with Crippen molar-refractivity contribution in [1.82, 2.24) is 4.98 Å². The molecule has 3 rings (SSSR count). The third-order valence-electron chi connectivity index (χ3n) is 6.92. The number of rotatable bonds is 15. The number of hydrogen-bond acceptors (Lipinski definition) is 4. The van der Waals surface area contributed by atoms with Crippen LogP contribution < -0.4 is 5.32 Å². The Balaban J connectivity index is 1.48. The molecule has 0 spiro atoms. The highest BCUT2D eigenvalue weighted by Gasteiger charge is 2.37. The van der Waals surface area contributed by atoms with Crippen molar-refractivity contribution in [2.24, 2.45) is 5.41 Å². The van der Waals surface area contributed by atoms with Crippen LogP contribution in [0.2, 0.25) is 0 Å². The van der Waals surface area contributed by atoms with Gasteiger partial charge >= 0.3 is 5.97 Å². The van der Waals surface area contributed by atoms with Crippen LogP contribution >= 0.6 is 0 Å². The number of benzene rings is 2. The van der Waals surface area contributed by atoms with Gasteiger partial charge in [-0.25, -0.2) is 4.39 Å². The van der Waals surface area contributed by atoms with E-state index < -0.39 is 11.4 Å². The largest absolute Gasteiger partial charge is 0.481 e. The van der Waals surface area contributed by atoms with E-state index in [-0.39, 0.29) is 18.1 Å². The predicted molar refractivity (Wildman–Crippen MR) is 152 cm³/mol. The van der Waals surface area contributed by atoms with Crippen LogP contribution in [0, 0.1) is 11.2 Å². The van der Waals surface area contributed by atoms with Gasteiger partial charge in [0.1, 0.15) is 5.82 Å². The Morgan fingerprint density at radius 3 is 2.46 bits per heavy atom. The van der Waals surface area contributed by atoms with Crippen LogP contribution in [0.15, 0.2) is 66.7 Å². The number of pyridine rings is 1. The lowest BCUT2D eigenvalue weighted by molar-refractivity contribution is -0.151. The molecule has 2 N–H and O–H groups in total. The van der Waals surface area contributed by atoms with E-state index in [0.29, 0.717) is 31.7 Å². The number of aliphatic carboxylic acids is 1. The van der Waals surface area contributed by atoms with Crippen LogP contribution in [0.5, 0.6) is 0 Å². The first-order valence-electron chi connectivity index (χ1n) is 13.4. The zero-order valence-corrected chi connectivity index (χ0v) is 22.7. The molecule has 1 aromatic heterocycles. The van der Waals surface area contributed by atoms with Gasteiger partial charge in [-0.05, 0) is 85.7 Å². The first-order chi connectivity index (χ1) is 18.8. The summed E-state index contributed by atoms with van der Waals surface area (Å²) in [4.78, 5) is 28.9. The van der Waals surface area contributed by atoms with Crippen LogP contribution in [-0.4, -0.2) is 28.6 Å². The zero-order valence-electron chi connectivity index (χ0n) is 22.7. The minimum Gasteiger partial charge on any atom is -0.481 e. The Hall–Kier alpha value is -3.84. The lowest BCUT2D eigenvalue weighted by Crippen LogP contribution is -2.34. The van der Waals surface area contributed by atoms with Gasteiger partial charge in [0.05, 0.1) is 23.4 Å². The van der Waals surface area contributed by atoms with Crippen LogP contribution in [0.4, 0.5) is 10.1 Å². The summed E-state index contributed by atoms with van der Waals surface area (Å²) in [6.45, 7) is 4.64. The molecule has 39 heavy (non-hydrogen) atoms. The zero-order chi connectivity index (χ0) is 28.1. The predicted octanol–water partition coefficient (Wildman–Crippen LogP) is 7.15. The maximum Gasteiger partial charge on any atom is 0.310 e. The smallest absolute Gasteiger partial charge is 0.310 e. The second-order valence-electron chi connectivity index (χ2n) is 9.67. The second kappa shape index (κ2) is 14.9. The Morgan fingerprint density at radius 2 is 1.74 bits per heavy atom. The fourth-order valence-electron chi connectivity index (χ4n) is 4.32. The Morgan fingerprint density at radius 1 is 1.00 bits per heavy atom. The van der Waals surface area contributed by atoms with E-state index in [0.717, 1.165) is 41.8 Å². The van der Waals surface area contributed by atoms with Crippen molar-refractivity contribution in [1.29, 1.82) is 0 Å². The number of aromatic nitrogens is 1. The van der Waals surface area contributed by atoms with Crippen LogP contribution in [0.3, 0.4) is 0 Å². The van der Waals surface area contributed by atoms with Gasteiger partial charge in [-0.1, -0.05) is 50.3 Å². The topological polar surface area (TPSA) is 88.5 Å². The summed E-state index contributed by atoms with van der Waals surface area (Å²) in [6.07, 6.45) is 7.31. The maximum absolute atomic E-state index is 13.0. The minimum absolute atomic E-state index is 0.0670. The van der Waals surface area contributed by atoms with E-state index in [1.54, 1.807) is 19.9 Å². The Bertz CT molecular complexity index is 1250. The number of nitrogens with one attached hydrogen (secondary N) is 1. The molecule has 2 aromatic carbocycles. The van der Waals surface area contributed by atoms with Gasteiger partial charge in [0.25, 0.3) is 0 Å². The standard InChI is InChI=1S/C32H37FN2O4/c1-3-32(4-2,31(37)38)22-30(36)35-28-12-7-10-25(21-28)16-19-27-11-8-13-29(34-27)23-39-20-6-5-9-24-14-17-26(33)18-15-24/h7-8,10-19,21H,3-6,9,20,22-23H2,1-2H3,(H,35,36)(H,37,38). The van der Waals surface area contributed by atoms with Gasteiger partial charge in [-0.2, -0.15) is 0 Å². The third-order valence-corrected chi connectivity index (χ3v) is 6.92. The number of carbonyl (C=O) groups excluding carboxylic acids is 1. The van der Waals surface area contributed by atoms with E-state index >= 15 is 0 Å². The Kier molecular flexibility index (Phi) is 11.4. The van der Waals surface area contributed by atoms with Crippen molar-refractivity contribution in [2.75, 3.05) is 11.9 Å². The number of carboxylic acid groups (broad SMARTS) is 1. The summed E-state index contributed by atoms with van der Waals surface area (Å²) in [5.41, 5.74) is 3.20. The minimum atomic E-state index is -1.05. The average Bonchev–Trinajstić information content (AvgIpc) is 2.94. The first-order valence-corrected chi connectivity index (χ1v) is 13.4. The monoisotopic (exact) mass is 532 g/mol. The average molecular weight is 533 g/mol. The molecule has 0 unspecified atom stereocenters. The second-order valence-corrected chi connectivity index (χ2v) is 9.67. The number of unbranched alkanes of at least 4 members (excludes halogenated alkanes) is 1. The van der Waals surface area contributed by atoms with Crippen molar-refractivity contribution in [3.05, 3.63) is 95.1 Å². The SMILES string of the molecule is CCC(CC)(CC(=O)Nc1cccc(C=Cc2cccc(COCCCCc3ccc(F)cc3)n2)c1)C(=O)O. The number of amides is 1. The first kappa shape index (κ1) is 29.7. The van der Waals surface area contributed by atoms with Gasteiger partial charge in [0, 0.05) is 18.7 Å². The number of anilines is 1. The number of hydrogen-bond donors (Lipinski definition) is 2. The molecule has 7 heteroatoms. The number of carboxylic acids is 1. The van der Waals surface area contributed by atoms with Gasteiger partial charge in [-0.3, -0.25) is 14.6 Å². The molecule has 1 amide bonds. The normalized spacial score (nSPS) is 11.6. The summed E-state index contributed by atoms with van der Waals surface area (Å²) >= 11 is 0. The fourth-order valence-corrected chi connectivity index (χ4v) is 4.32. The summed E-state index contributed by atoms with van der Waals surface area (Å²) in [7, 11) is 0. The van der Waals surface area contributed by atoms with E-state index in [2.05, 4.69) is 10.3 Å². The number of halogens is 1. The molecular weight excluding hydrogens is 495 g/mol. The van der Waals surface area contributed by atoms with Gasteiger partial charge in [0.15, 0.2) is 0 Å². The summed E-state index contributed by atoms with van der Waals surface area (Å²) in [5.74, 6) is -1.47. The number of ether oxygens (including phenoxy) is 1. The lowest BCUT2D eigenvalue weighted by Gasteiger charge is -2.25. The molecule has 0 fully saturated rings. The highest BCUT2D eigenvalue weighted by atomic mass is 19.1. The van der Waals surface area contributed by atoms with Crippen LogP contribution in [0.1, 0.15) is 68.5 Å². The van der Waals surface area contributed by atoms with Crippen molar-refractivity contribution in [3.8, 4) is 0 Å². The van der Waals surface area contributed by atoms with E-state index in [1.807, 2.05) is 60.7 Å². The quantitative estimate of drug-likeness (QED) is 0.203. The van der Waals surface area contributed by atoms with E-state index in [4.69, 9.17) is 4.74 Å². The highest BCUT2D eigenvalue weighted by Crippen LogP contribution is 2.31. The lowest BCUT2D eigenvalue weighted by atomic mass is 9.79. The van der Waals surface area contributed by atoms with E-state index in [1.165, 1.54) is 12.1 Å². The molecule has 0 aliphatic rings. The number of carbonyl (C=O) groups is 2. The molecule has 0 saturated heterocycles. The molecular formula is C32H37FN2O4. The number of nitrogens with zero attached hydrogens (tertiary/aromatic N) is 1. The van der Waals surface area contributed by atoms with Crippen molar-refractivity contribution in [3.63, 3.8) is 0 Å². The molecule has 1 heterocycles. The van der Waals surface area contributed by atoms with Crippen molar-refractivity contribution >= 4 is 29.7 Å². The van der Waals surface area contributed by atoms with Crippen molar-refractivity contribution < 1.29 is 23.8 Å². The molecule has 0 radical (unpaired) electrons. The fraction of sp³-hybridized carbons (Fsp3) is 0.344. The van der Waals surface area contributed by atoms with Gasteiger partial charge in [0.2, 0.25) is 5.91 Å². The molecule has 0 bridgehead atoms. The molecule has 6 nitrogen and oxygen atoms in total. The van der Waals surface area contributed by atoms with Crippen molar-refractivity contribution in [2.45, 2.75) is 59.0 Å². The summed E-state index contributed by atoms with van der Waals surface area (Å²) in [6, 6.07) is 19.8. The van der Waals surface area contributed by atoms with Crippen LogP contribution in [-0.2, 0) is 27.4 Å². The molecule has 206 valence electrons. The molecule has 0 aliphatic heterocycles. The van der Waals surface area contributed by atoms with Gasteiger partial charge < -0.3 is 15.2 Å². The molecule has 0 aliphatic carbocycles. The number of aryl methyl sites for hydroxylation is 1. The maximum atomic E-state index is 13.0. The summed E-state index contributed by atoms with van der Waals surface area (Å²) < 4.78 is 18.8. The van der Waals surface area contributed by atoms with E-state index in [9.17, 15) is 19.1 Å². The molecule has 0 saturated carbocycles. The highest BCUT2D eigenvalue weighted by molar-refractivity contribution is 5.94. The van der Waals surface area contributed by atoms with Crippen LogP contribution in [0.25, 0.3) is 12.2 Å². The molecule has 3 aromatic rings. The molecule has 0 atom stereocenters. The third kappa shape index (κ3) is 9.45. The Labute approximate surface area is 229 Å².